The van der Waals surface area contributed by atoms with Crippen molar-refractivity contribution in [1.29, 1.82) is 0 Å². The van der Waals surface area contributed by atoms with Crippen LogP contribution in [-0.2, 0) is 17.9 Å². The number of carbonyl (C=O) groups is 2. The second kappa shape index (κ2) is 10.0. The summed E-state index contributed by atoms with van der Waals surface area (Å²) in [5, 5.41) is 18.1. The second-order valence-electron chi connectivity index (χ2n) is 7.09. The molecule has 0 unspecified atom stereocenters. The summed E-state index contributed by atoms with van der Waals surface area (Å²) in [5.41, 5.74) is 2.50. The monoisotopic (exact) mass is 464 g/mol. The summed E-state index contributed by atoms with van der Waals surface area (Å²) in [5.74, 6) is -0.571. The van der Waals surface area contributed by atoms with Crippen molar-refractivity contribution in [2.24, 2.45) is 0 Å². The number of rotatable bonds is 7. The van der Waals surface area contributed by atoms with E-state index in [9.17, 15) is 14.0 Å². The molecule has 8 nitrogen and oxygen atoms in total. The van der Waals surface area contributed by atoms with Gasteiger partial charge in [0.1, 0.15) is 12.4 Å². The molecule has 0 aliphatic carbocycles. The number of tetrazole rings is 1. The lowest BCUT2D eigenvalue weighted by molar-refractivity contribution is -0.122. The minimum Gasteiger partial charge on any atom is -0.350 e. The summed E-state index contributed by atoms with van der Waals surface area (Å²) in [6.07, 6.45) is 0. The summed E-state index contributed by atoms with van der Waals surface area (Å²) in [6, 6.07) is 19.4. The molecule has 0 spiro atoms. The molecule has 0 atom stereocenters. The Kier molecular flexibility index (Phi) is 6.70. The van der Waals surface area contributed by atoms with Crippen LogP contribution in [0.4, 0.5) is 10.1 Å². The fourth-order valence-corrected chi connectivity index (χ4v) is 3.14. The highest BCUT2D eigenvalue weighted by Crippen LogP contribution is 2.18. The first kappa shape index (κ1) is 22.1. The molecule has 0 saturated heterocycles. The van der Waals surface area contributed by atoms with Crippen LogP contribution in [0, 0.1) is 5.82 Å². The first-order valence-corrected chi connectivity index (χ1v) is 10.3. The number of aromatic nitrogens is 4. The molecule has 0 fully saturated rings. The Morgan fingerprint density at radius 2 is 1.76 bits per heavy atom. The molecule has 4 rings (SSSR count). The van der Waals surface area contributed by atoms with Crippen LogP contribution in [0.5, 0.6) is 0 Å². The summed E-state index contributed by atoms with van der Waals surface area (Å²) in [6.45, 7) is 0.158. The Hall–Kier alpha value is -4.11. The minimum atomic E-state index is -0.332. The van der Waals surface area contributed by atoms with Crippen molar-refractivity contribution in [3.05, 3.63) is 94.8 Å². The zero-order valence-electron chi connectivity index (χ0n) is 17.2. The average molecular weight is 465 g/mol. The molecule has 166 valence electrons. The van der Waals surface area contributed by atoms with Gasteiger partial charge in [-0.3, -0.25) is 9.59 Å². The van der Waals surface area contributed by atoms with E-state index in [-0.39, 0.29) is 30.7 Å². The molecule has 0 bridgehead atoms. The maximum atomic E-state index is 12.9. The molecule has 10 heteroatoms. The molecule has 0 aliphatic rings. The third-order valence-corrected chi connectivity index (χ3v) is 4.86. The van der Waals surface area contributed by atoms with Crippen molar-refractivity contribution in [2.45, 2.75) is 13.1 Å². The van der Waals surface area contributed by atoms with E-state index in [1.54, 1.807) is 60.7 Å². The van der Waals surface area contributed by atoms with Crippen LogP contribution in [-0.4, -0.2) is 32.0 Å². The standard InChI is InChI=1S/C23H18ClFN6O2/c24-18-3-1-2-17(12-18)23(33)27-20-10-6-16(7-11-20)22-28-30-31(29-22)14-21(32)26-13-15-4-8-19(25)9-5-15/h1-12H,13-14H2,(H,26,32)(H,27,33). The van der Waals surface area contributed by atoms with Gasteiger partial charge in [-0.15, -0.1) is 10.2 Å². The van der Waals surface area contributed by atoms with Gasteiger partial charge in [-0.1, -0.05) is 29.8 Å². The zero-order chi connectivity index (χ0) is 23.2. The van der Waals surface area contributed by atoms with E-state index in [0.29, 0.717) is 27.7 Å². The van der Waals surface area contributed by atoms with Crippen LogP contribution in [0.15, 0.2) is 72.8 Å². The van der Waals surface area contributed by atoms with Crippen LogP contribution in [0.25, 0.3) is 11.4 Å². The molecule has 0 radical (unpaired) electrons. The van der Waals surface area contributed by atoms with Gasteiger partial charge >= 0.3 is 0 Å². The number of amides is 2. The smallest absolute Gasteiger partial charge is 0.255 e. The predicted octanol–water partition coefficient (Wildman–Crippen LogP) is 3.70. The molecule has 33 heavy (non-hydrogen) atoms. The number of benzene rings is 3. The average Bonchev–Trinajstić information content (AvgIpc) is 3.27. The molecule has 0 aliphatic heterocycles. The summed E-state index contributed by atoms with van der Waals surface area (Å²) >= 11 is 5.93. The number of hydrogen-bond acceptors (Lipinski definition) is 5. The van der Waals surface area contributed by atoms with Gasteiger partial charge in [-0.05, 0) is 65.4 Å². The SMILES string of the molecule is O=C(Cn1nnc(-c2ccc(NC(=O)c3cccc(Cl)c3)cc2)n1)NCc1ccc(F)cc1. The highest BCUT2D eigenvalue weighted by atomic mass is 35.5. The van der Waals surface area contributed by atoms with Gasteiger partial charge in [0.2, 0.25) is 11.7 Å². The van der Waals surface area contributed by atoms with Crippen molar-refractivity contribution >= 4 is 29.1 Å². The van der Waals surface area contributed by atoms with Crippen molar-refractivity contribution in [3.8, 4) is 11.4 Å². The molecule has 4 aromatic rings. The Balaban J connectivity index is 1.32. The number of nitrogens with zero attached hydrogens (tertiary/aromatic N) is 4. The largest absolute Gasteiger partial charge is 0.350 e. The first-order valence-electron chi connectivity index (χ1n) is 9.92. The molecule has 1 aromatic heterocycles. The lowest BCUT2D eigenvalue weighted by Gasteiger charge is -2.06. The number of hydrogen-bond donors (Lipinski definition) is 2. The number of anilines is 1. The molecule has 2 N–H and O–H groups in total. The maximum absolute atomic E-state index is 12.9. The summed E-state index contributed by atoms with van der Waals surface area (Å²) in [7, 11) is 0. The second-order valence-corrected chi connectivity index (χ2v) is 7.52. The van der Waals surface area contributed by atoms with Gasteiger partial charge in [0, 0.05) is 28.4 Å². The van der Waals surface area contributed by atoms with E-state index in [1.807, 2.05) is 0 Å². The maximum Gasteiger partial charge on any atom is 0.255 e. The summed E-state index contributed by atoms with van der Waals surface area (Å²) < 4.78 is 12.9. The fraction of sp³-hybridized carbons (Fsp3) is 0.0870. The molecular weight excluding hydrogens is 447 g/mol. The van der Waals surface area contributed by atoms with Crippen LogP contribution in [0.1, 0.15) is 15.9 Å². The quantitative estimate of drug-likeness (QED) is 0.434. The first-order chi connectivity index (χ1) is 16.0. The molecule has 3 aromatic carbocycles. The van der Waals surface area contributed by atoms with Gasteiger partial charge in [-0.25, -0.2) is 4.39 Å². The van der Waals surface area contributed by atoms with Crippen LogP contribution >= 0.6 is 11.6 Å². The van der Waals surface area contributed by atoms with E-state index in [0.717, 1.165) is 5.56 Å². The van der Waals surface area contributed by atoms with Gasteiger partial charge in [-0.2, -0.15) is 4.80 Å². The normalized spacial score (nSPS) is 10.6. The van der Waals surface area contributed by atoms with Crippen LogP contribution in [0.2, 0.25) is 5.02 Å². The summed E-state index contributed by atoms with van der Waals surface area (Å²) in [4.78, 5) is 25.6. The third kappa shape index (κ3) is 5.98. The van der Waals surface area contributed by atoms with Gasteiger partial charge in [0.15, 0.2) is 0 Å². The third-order valence-electron chi connectivity index (χ3n) is 4.63. The van der Waals surface area contributed by atoms with Gasteiger partial charge < -0.3 is 10.6 Å². The Morgan fingerprint density at radius 1 is 1.00 bits per heavy atom. The van der Waals surface area contributed by atoms with Crippen molar-refractivity contribution < 1.29 is 14.0 Å². The number of halogens is 2. The van der Waals surface area contributed by atoms with Gasteiger partial charge in [0.05, 0.1) is 0 Å². The van der Waals surface area contributed by atoms with Crippen LogP contribution < -0.4 is 10.6 Å². The Labute approximate surface area is 193 Å². The molecular formula is C23H18ClFN6O2. The van der Waals surface area contributed by atoms with E-state index in [4.69, 9.17) is 11.6 Å². The lowest BCUT2D eigenvalue weighted by Crippen LogP contribution is -2.28. The molecule has 2 amide bonds. The van der Waals surface area contributed by atoms with Crippen molar-refractivity contribution in [3.63, 3.8) is 0 Å². The lowest BCUT2D eigenvalue weighted by atomic mass is 10.1. The highest BCUT2D eigenvalue weighted by molar-refractivity contribution is 6.31. The van der Waals surface area contributed by atoms with Gasteiger partial charge in [0.25, 0.3) is 5.91 Å². The Morgan fingerprint density at radius 3 is 2.48 bits per heavy atom. The fourth-order valence-electron chi connectivity index (χ4n) is 2.95. The van der Waals surface area contributed by atoms with Crippen LogP contribution in [0.3, 0.4) is 0 Å². The number of carbonyl (C=O) groups excluding carboxylic acids is 2. The topological polar surface area (TPSA) is 102 Å². The zero-order valence-corrected chi connectivity index (χ0v) is 18.0. The van der Waals surface area contributed by atoms with E-state index < -0.39 is 0 Å². The van der Waals surface area contributed by atoms with Crippen molar-refractivity contribution in [2.75, 3.05) is 5.32 Å². The molecule has 0 saturated carbocycles. The van der Waals surface area contributed by atoms with E-state index >= 15 is 0 Å². The van der Waals surface area contributed by atoms with Crippen molar-refractivity contribution in [1.82, 2.24) is 25.5 Å². The highest BCUT2D eigenvalue weighted by Gasteiger charge is 2.11. The van der Waals surface area contributed by atoms with E-state index in [1.165, 1.54) is 16.9 Å². The Bertz CT molecular complexity index is 1270. The minimum absolute atomic E-state index is 0.109. The molecule has 1 heterocycles. The predicted molar refractivity (Wildman–Crippen MR) is 121 cm³/mol. The number of nitrogens with one attached hydrogen (secondary N) is 2. The van der Waals surface area contributed by atoms with E-state index in [2.05, 4.69) is 26.0 Å².